The smallest absolute Gasteiger partial charge is 0.272 e. The fourth-order valence-electron chi connectivity index (χ4n) is 3.95. The summed E-state index contributed by atoms with van der Waals surface area (Å²) in [4.78, 5) is 24.5. The fraction of sp³-hybridized carbons (Fsp3) is 0.478. The molecule has 0 spiro atoms. The van der Waals surface area contributed by atoms with Crippen molar-refractivity contribution < 1.29 is 18.1 Å². The maximum absolute atomic E-state index is 14.0. The summed E-state index contributed by atoms with van der Waals surface area (Å²) in [5.74, 6) is -1.08. The molecule has 0 radical (unpaired) electrons. The van der Waals surface area contributed by atoms with Gasteiger partial charge in [-0.3, -0.25) is 9.69 Å². The van der Waals surface area contributed by atoms with Gasteiger partial charge in [-0.1, -0.05) is 25.9 Å². The fourth-order valence-corrected chi connectivity index (χ4v) is 3.95. The first-order valence-electron chi connectivity index (χ1n) is 10.8. The molecule has 0 aliphatic carbocycles. The van der Waals surface area contributed by atoms with Gasteiger partial charge >= 0.3 is 0 Å². The second-order valence-electron chi connectivity index (χ2n) is 9.69. The maximum atomic E-state index is 14.0. The Morgan fingerprint density at radius 1 is 1.24 bits per heavy atom. The Bertz CT molecular complexity index is 1200. The number of halogens is 2. The lowest BCUT2D eigenvalue weighted by molar-refractivity contribution is 0.0871. The molecule has 10 heteroatoms. The van der Waals surface area contributed by atoms with Gasteiger partial charge in [0.2, 0.25) is 5.89 Å². The van der Waals surface area contributed by atoms with E-state index in [2.05, 4.69) is 32.3 Å². The van der Waals surface area contributed by atoms with Crippen LogP contribution in [0.5, 0.6) is 0 Å². The van der Waals surface area contributed by atoms with E-state index in [-0.39, 0.29) is 11.7 Å². The Hall–Kier alpha value is -3.14. The number of imidazole rings is 1. The number of hydrogen-bond acceptors (Lipinski definition) is 6. The summed E-state index contributed by atoms with van der Waals surface area (Å²) in [5.41, 5.74) is 0.940. The average Bonchev–Trinajstić information content (AvgIpc) is 3.31. The summed E-state index contributed by atoms with van der Waals surface area (Å²) in [7, 11) is 1.97. The molecule has 1 aliphatic heterocycles. The number of aromatic nitrogens is 4. The van der Waals surface area contributed by atoms with Crippen molar-refractivity contribution in [2.45, 2.75) is 59.8 Å². The van der Waals surface area contributed by atoms with E-state index in [9.17, 15) is 13.6 Å². The highest BCUT2D eigenvalue weighted by Crippen LogP contribution is 2.33. The Morgan fingerprint density at radius 2 is 1.97 bits per heavy atom. The van der Waals surface area contributed by atoms with Crippen molar-refractivity contribution in [3.63, 3.8) is 0 Å². The highest BCUT2D eigenvalue weighted by atomic mass is 19.2. The van der Waals surface area contributed by atoms with Gasteiger partial charge in [0.25, 0.3) is 5.91 Å². The topological polar surface area (TPSA) is 89.1 Å². The van der Waals surface area contributed by atoms with Crippen molar-refractivity contribution in [3.05, 3.63) is 52.9 Å². The van der Waals surface area contributed by atoms with Crippen molar-refractivity contribution in [3.8, 4) is 11.4 Å². The first-order valence-corrected chi connectivity index (χ1v) is 10.8. The zero-order valence-corrected chi connectivity index (χ0v) is 19.6. The number of rotatable bonds is 4. The number of hydrogen-bond donors (Lipinski definition) is 1. The predicted octanol–water partition coefficient (Wildman–Crippen LogP) is 3.87. The van der Waals surface area contributed by atoms with Crippen LogP contribution < -0.4 is 5.32 Å². The number of nitrogens with one attached hydrogen (secondary N) is 1. The second-order valence-corrected chi connectivity index (χ2v) is 9.69. The van der Waals surface area contributed by atoms with Crippen LogP contribution in [0.1, 0.15) is 61.6 Å². The van der Waals surface area contributed by atoms with Crippen molar-refractivity contribution in [2.75, 3.05) is 7.05 Å². The first kappa shape index (κ1) is 23.0. The molecule has 1 unspecified atom stereocenters. The lowest BCUT2D eigenvalue weighted by atomic mass is 9.86. The average molecular weight is 459 g/mol. The maximum Gasteiger partial charge on any atom is 0.272 e. The highest BCUT2D eigenvalue weighted by Gasteiger charge is 2.36. The molecular formula is C23H28F2N6O2. The largest absolute Gasteiger partial charge is 0.338 e. The number of fused-ring (bicyclic) bond motifs is 1. The second kappa shape index (κ2) is 8.33. The van der Waals surface area contributed by atoms with Crippen LogP contribution >= 0.6 is 0 Å². The molecule has 176 valence electrons. The Morgan fingerprint density at radius 3 is 2.58 bits per heavy atom. The zero-order valence-electron chi connectivity index (χ0n) is 19.6. The summed E-state index contributed by atoms with van der Waals surface area (Å²) in [5, 5.41) is 6.85. The monoisotopic (exact) mass is 458 g/mol. The third-order valence-electron chi connectivity index (χ3n) is 6.00. The van der Waals surface area contributed by atoms with E-state index in [4.69, 9.17) is 4.52 Å². The minimum atomic E-state index is -0.962. The Kier molecular flexibility index (Phi) is 5.81. The quantitative estimate of drug-likeness (QED) is 0.639. The molecule has 1 aliphatic rings. The zero-order chi connectivity index (χ0) is 24.1. The van der Waals surface area contributed by atoms with E-state index >= 15 is 0 Å². The first-order chi connectivity index (χ1) is 15.5. The summed E-state index contributed by atoms with van der Waals surface area (Å²) >= 11 is 0. The van der Waals surface area contributed by atoms with Gasteiger partial charge in [0.15, 0.2) is 23.2 Å². The molecule has 1 aromatic carbocycles. The van der Waals surface area contributed by atoms with Crippen LogP contribution in [-0.2, 0) is 13.1 Å². The number of carbonyl (C=O) groups excluding carboxylic acids is 1. The molecule has 3 aromatic rings. The van der Waals surface area contributed by atoms with Gasteiger partial charge in [-0.2, -0.15) is 4.98 Å². The number of carbonyl (C=O) groups is 1. The van der Waals surface area contributed by atoms with Crippen LogP contribution in [0.3, 0.4) is 0 Å². The molecule has 1 amide bonds. The number of aryl methyl sites for hydroxylation is 1. The minimum absolute atomic E-state index is 0.176. The molecule has 2 atom stereocenters. The summed E-state index contributed by atoms with van der Waals surface area (Å²) < 4.78 is 34.8. The molecule has 3 heterocycles. The SMILES string of the molecule is Cc1noc([C@@H](NC(=O)c2nc(-c3ccc(F)c(F)c3)n3c2CN(C)C(C)C3)C(C)(C)C)n1. The molecule has 0 saturated carbocycles. The molecular weight excluding hydrogens is 430 g/mol. The number of amides is 1. The third kappa shape index (κ3) is 4.39. The standard InChI is InChI=1S/C23H28F2N6O2/c1-12-10-31-17(11-30(12)6)18(27-20(31)14-7-8-15(24)16(25)9-14)21(32)28-19(23(3,4)5)22-26-13(2)29-33-22/h7-9,12,19H,10-11H2,1-6H3,(H,28,32)/t12?,19-/m1/s1. The molecule has 0 saturated heterocycles. The highest BCUT2D eigenvalue weighted by molar-refractivity contribution is 5.94. The van der Waals surface area contributed by atoms with Gasteiger partial charge in [0, 0.05) is 24.7 Å². The van der Waals surface area contributed by atoms with E-state index in [0.717, 1.165) is 12.1 Å². The van der Waals surface area contributed by atoms with E-state index < -0.39 is 29.0 Å². The third-order valence-corrected chi connectivity index (χ3v) is 6.00. The summed E-state index contributed by atoms with van der Waals surface area (Å²) in [6.45, 7) is 10.7. The molecule has 1 N–H and O–H groups in total. The van der Waals surface area contributed by atoms with Gasteiger partial charge < -0.3 is 14.4 Å². The van der Waals surface area contributed by atoms with Crippen LogP contribution in [0.15, 0.2) is 22.7 Å². The van der Waals surface area contributed by atoms with E-state index in [1.165, 1.54) is 6.07 Å². The van der Waals surface area contributed by atoms with Crippen molar-refractivity contribution >= 4 is 5.91 Å². The van der Waals surface area contributed by atoms with Gasteiger partial charge in [0.05, 0.1) is 5.69 Å². The number of likely N-dealkylation sites (N-methyl/N-ethyl adjacent to an activating group) is 1. The number of benzene rings is 1. The van der Waals surface area contributed by atoms with Gasteiger partial charge in [0.1, 0.15) is 11.9 Å². The van der Waals surface area contributed by atoms with Crippen LogP contribution in [0.4, 0.5) is 8.78 Å². The van der Waals surface area contributed by atoms with Crippen LogP contribution in [0, 0.1) is 24.0 Å². The normalized spacial score (nSPS) is 17.6. The van der Waals surface area contributed by atoms with Crippen molar-refractivity contribution in [2.24, 2.45) is 5.41 Å². The van der Waals surface area contributed by atoms with Gasteiger partial charge in [-0.05, 0) is 44.5 Å². The summed E-state index contributed by atoms with van der Waals surface area (Å²) in [6.07, 6.45) is 0. The van der Waals surface area contributed by atoms with Crippen LogP contribution in [-0.4, -0.2) is 43.6 Å². The molecule has 8 nitrogen and oxygen atoms in total. The minimum Gasteiger partial charge on any atom is -0.338 e. The molecule has 4 rings (SSSR count). The number of nitrogens with zero attached hydrogens (tertiary/aromatic N) is 5. The van der Waals surface area contributed by atoms with Crippen LogP contribution in [0.25, 0.3) is 11.4 Å². The van der Waals surface area contributed by atoms with Crippen molar-refractivity contribution in [1.29, 1.82) is 0 Å². The Labute approximate surface area is 191 Å². The van der Waals surface area contributed by atoms with E-state index in [1.807, 2.05) is 32.4 Å². The predicted molar refractivity (Wildman–Crippen MR) is 117 cm³/mol. The van der Waals surface area contributed by atoms with Gasteiger partial charge in [-0.15, -0.1) is 0 Å². The lowest BCUT2D eigenvalue weighted by Crippen LogP contribution is -2.40. The van der Waals surface area contributed by atoms with Gasteiger partial charge in [-0.25, -0.2) is 13.8 Å². The Balaban J connectivity index is 1.76. The summed E-state index contributed by atoms with van der Waals surface area (Å²) in [6, 6.07) is 3.27. The van der Waals surface area contributed by atoms with Crippen LogP contribution in [0.2, 0.25) is 0 Å². The van der Waals surface area contributed by atoms with Crippen molar-refractivity contribution in [1.82, 2.24) is 29.9 Å². The molecule has 33 heavy (non-hydrogen) atoms. The van der Waals surface area contributed by atoms with E-state index in [1.54, 1.807) is 6.92 Å². The molecule has 2 aromatic heterocycles. The molecule has 0 bridgehead atoms. The lowest BCUT2D eigenvalue weighted by Gasteiger charge is -2.32. The molecule has 0 fully saturated rings. The van der Waals surface area contributed by atoms with E-state index in [0.29, 0.717) is 41.9 Å².